The van der Waals surface area contributed by atoms with Crippen LogP contribution in [0.25, 0.3) is 0 Å². The zero-order valence-corrected chi connectivity index (χ0v) is 17.7. The van der Waals surface area contributed by atoms with Crippen molar-refractivity contribution in [2.75, 3.05) is 30.8 Å². The molecule has 0 radical (unpaired) electrons. The Kier molecular flexibility index (Phi) is 8.24. The highest BCUT2D eigenvalue weighted by atomic mass is 32.2. The number of nitrogens with one attached hydrogen (secondary N) is 1. The number of hydrogen-bond acceptors (Lipinski definition) is 6. The molecule has 1 N–H and O–H groups in total. The van der Waals surface area contributed by atoms with Crippen LogP contribution in [0.2, 0.25) is 0 Å². The largest absolute Gasteiger partial charge is 0.495 e. The monoisotopic (exact) mass is 427 g/mol. The summed E-state index contributed by atoms with van der Waals surface area (Å²) < 4.78 is 30.8. The standard InChI is InChI=1S/C19H29N3O6S/c1-28-18-11-10-16(22(24)25)13-17(18)21(29(2,26)27)12-6-9-19(23)20-14-15-7-4-3-5-8-15/h10-11,13,15H,3-9,12,14H2,1-2H3,(H,20,23). The number of methoxy groups -OCH3 is 1. The van der Waals surface area contributed by atoms with Crippen LogP contribution in [0, 0.1) is 16.0 Å². The number of benzene rings is 1. The van der Waals surface area contributed by atoms with Gasteiger partial charge in [-0.1, -0.05) is 19.3 Å². The minimum absolute atomic E-state index is 0.0210. The number of non-ortho nitro benzene ring substituents is 1. The smallest absolute Gasteiger partial charge is 0.271 e. The fourth-order valence-electron chi connectivity index (χ4n) is 3.57. The summed E-state index contributed by atoms with van der Waals surface area (Å²) in [5.74, 6) is 0.618. The second kappa shape index (κ2) is 10.4. The summed E-state index contributed by atoms with van der Waals surface area (Å²) in [5, 5.41) is 14.0. The predicted octanol–water partition coefficient (Wildman–Crippen LogP) is 2.85. The first-order chi connectivity index (χ1) is 13.7. The summed E-state index contributed by atoms with van der Waals surface area (Å²) >= 11 is 0. The van der Waals surface area contributed by atoms with E-state index in [1.54, 1.807) is 0 Å². The number of nitro groups is 1. The Morgan fingerprint density at radius 1 is 1.31 bits per heavy atom. The molecule has 0 aliphatic heterocycles. The molecule has 0 atom stereocenters. The number of hydrogen-bond donors (Lipinski definition) is 1. The molecule has 0 bridgehead atoms. The molecule has 1 aliphatic rings. The van der Waals surface area contributed by atoms with Gasteiger partial charge >= 0.3 is 0 Å². The van der Waals surface area contributed by atoms with E-state index in [1.807, 2.05) is 0 Å². The molecule has 2 rings (SSSR count). The minimum atomic E-state index is -3.72. The quantitative estimate of drug-likeness (QED) is 0.453. The first kappa shape index (κ1) is 22.9. The molecule has 1 amide bonds. The van der Waals surface area contributed by atoms with Crippen LogP contribution in [0.5, 0.6) is 5.75 Å². The van der Waals surface area contributed by atoms with Crippen molar-refractivity contribution in [3.63, 3.8) is 0 Å². The fraction of sp³-hybridized carbons (Fsp3) is 0.632. The van der Waals surface area contributed by atoms with Gasteiger partial charge in [0.05, 0.1) is 18.3 Å². The number of anilines is 1. The molecule has 162 valence electrons. The van der Waals surface area contributed by atoms with E-state index >= 15 is 0 Å². The van der Waals surface area contributed by atoms with Gasteiger partial charge in [0.2, 0.25) is 15.9 Å². The van der Waals surface area contributed by atoms with E-state index in [4.69, 9.17) is 4.74 Å². The Bertz CT molecular complexity index is 821. The van der Waals surface area contributed by atoms with E-state index in [0.29, 0.717) is 12.5 Å². The average Bonchev–Trinajstić information content (AvgIpc) is 2.69. The molecule has 9 nitrogen and oxygen atoms in total. The van der Waals surface area contributed by atoms with Gasteiger partial charge in [0.1, 0.15) is 11.4 Å². The van der Waals surface area contributed by atoms with Gasteiger partial charge in [-0.2, -0.15) is 0 Å². The molecule has 1 aromatic rings. The van der Waals surface area contributed by atoms with E-state index in [-0.39, 0.29) is 42.4 Å². The van der Waals surface area contributed by atoms with Crippen molar-refractivity contribution in [3.05, 3.63) is 28.3 Å². The number of nitro benzene ring substituents is 1. The number of carbonyl (C=O) groups excluding carboxylic acids is 1. The second-order valence-electron chi connectivity index (χ2n) is 7.36. The van der Waals surface area contributed by atoms with Crippen molar-refractivity contribution in [1.82, 2.24) is 5.32 Å². The van der Waals surface area contributed by atoms with Gasteiger partial charge in [0.15, 0.2) is 0 Å². The van der Waals surface area contributed by atoms with E-state index in [9.17, 15) is 23.3 Å². The number of carbonyl (C=O) groups is 1. The molecule has 10 heteroatoms. The lowest BCUT2D eigenvalue weighted by molar-refractivity contribution is -0.384. The van der Waals surface area contributed by atoms with E-state index in [0.717, 1.165) is 23.4 Å². The molecule has 0 heterocycles. The maximum Gasteiger partial charge on any atom is 0.271 e. The Hall–Kier alpha value is -2.36. The van der Waals surface area contributed by atoms with Gasteiger partial charge in [-0.25, -0.2) is 8.42 Å². The summed E-state index contributed by atoms with van der Waals surface area (Å²) in [6, 6.07) is 3.78. The molecule has 0 aromatic heterocycles. The molecule has 1 aromatic carbocycles. The Morgan fingerprint density at radius 3 is 2.59 bits per heavy atom. The van der Waals surface area contributed by atoms with Crippen LogP contribution in [0.3, 0.4) is 0 Å². The lowest BCUT2D eigenvalue weighted by Crippen LogP contribution is -2.33. The fourth-order valence-corrected chi connectivity index (χ4v) is 4.53. The summed E-state index contributed by atoms with van der Waals surface area (Å²) in [5.41, 5.74) is -0.147. The number of amides is 1. The van der Waals surface area contributed by atoms with E-state index in [2.05, 4.69) is 5.32 Å². The van der Waals surface area contributed by atoms with Crippen LogP contribution in [-0.4, -0.2) is 45.7 Å². The van der Waals surface area contributed by atoms with Gasteiger partial charge in [-0.05, 0) is 31.2 Å². The molecular formula is C19H29N3O6S. The van der Waals surface area contributed by atoms with Crippen LogP contribution in [0.4, 0.5) is 11.4 Å². The number of sulfonamides is 1. The molecule has 0 unspecified atom stereocenters. The van der Waals surface area contributed by atoms with Crippen molar-refractivity contribution >= 4 is 27.3 Å². The van der Waals surface area contributed by atoms with Crippen molar-refractivity contribution in [1.29, 1.82) is 0 Å². The molecule has 0 spiro atoms. The Morgan fingerprint density at radius 2 is 2.00 bits per heavy atom. The molecule has 0 saturated heterocycles. The normalized spacial score (nSPS) is 15.0. The minimum Gasteiger partial charge on any atom is -0.495 e. The van der Waals surface area contributed by atoms with Crippen molar-refractivity contribution < 1.29 is 22.9 Å². The Balaban J connectivity index is 2.00. The topological polar surface area (TPSA) is 119 Å². The lowest BCUT2D eigenvalue weighted by atomic mass is 9.89. The van der Waals surface area contributed by atoms with E-state index in [1.165, 1.54) is 44.6 Å². The molecular weight excluding hydrogens is 398 g/mol. The van der Waals surface area contributed by atoms with Crippen LogP contribution < -0.4 is 14.4 Å². The first-order valence-corrected chi connectivity index (χ1v) is 11.6. The molecule has 29 heavy (non-hydrogen) atoms. The SMILES string of the molecule is COc1ccc([N+](=O)[O-])cc1N(CCCC(=O)NCC1CCCCC1)S(C)(=O)=O. The highest BCUT2D eigenvalue weighted by Crippen LogP contribution is 2.33. The third-order valence-electron chi connectivity index (χ3n) is 5.12. The number of rotatable bonds is 10. The van der Waals surface area contributed by atoms with Crippen LogP contribution in [0.1, 0.15) is 44.9 Å². The number of ether oxygens (including phenoxy) is 1. The summed E-state index contributed by atoms with van der Waals surface area (Å²) in [6.07, 6.45) is 7.42. The third-order valence-corrected chi connectivity index (χ3v) is 6.30. The van der Waals surface area contributed by atoms with Gasteiger partial charge in [0.25, 0.3) is 5.69 Å². The zero-order valence-electron chi connectivity index (χ0n) is 16.9. The maximum absolute atomic E-state index is 12.3. The lowest BCUT2D eigenvalue weighted by Gasteiger charge is -2.24. The molecule has 1 fully saturated rings. The zero-order chi connectivity index (χ0) is 21.4. The second-order valence-corrected chi connectivity index (χ2v) is 9.27. The van der Waals surface area contributed by atoms with Gasteiger partial charge in [-0.15, -0.1) is 0 Å². The highest BCUT2D eigenvalue weighted by Gasteiger charge is 2.24. The molecule has 1 saturated carbocycles. The van der Waals surface area contributed by atoms with E-state index < -0.39 is 14.9 Å². The van der Waals surface area contributed by atoms with Gasteiger partial charge in [-0.3, -0.25) is 19.2 Å². The third kappa shape index (κ3) is 6.88. The van der Waals surface area contributed by atoms with Crippen LogP contribution >= 0.6 is 0 Å². The van der Waals surface area contributed by atoms with Gasteiger partial charge < -0.3 is 10.1 Å². The van der Waals surface area contributed by atoms with Crippen LogP contribution in [0.15, 0.2) is 18.2 Å². The van der Waals surface area contributed by atoms with Crippen molar-refractivity contribution in [3.8, 4) is 5.75 Å². The van der Waals surface area contributed by atoms with Crippen molar-refractivity contribution in [2.24, 2.45) is 5.92 Å². The Labute approximate surface area is 171 Å². The molecule has 1 aliphatic carbocycles. The maximum atomic E-state index is 12.3. The first-order valence-electron chi connectivity index (χ1n) is 9.79. The summed E-state index contributed by atoms with van der Waals surface area (Å²) in [7, 11) is -2.36. The van der Waals surface area contributed by atoms with Crippen LogP contribution in [-0.2, 0) is 14.8 Å². The predicted molar refractivity (Wildman–Crippen MR) is 111 cm³/mol. The average molecular weight is 428 g/mol. The van der Waals surface area contributed by atoms with Crippen molar-refractivity contribution in [2.45, 2.75) is 44.9 Å². The summed E-state index contributed by atoms with van der Waals surface area (Å²) in [6.45, 7) is 0.681. The number of nitrogens with zero attached hydrogens (tertiary/aromatic N) is 2. The highest BCUT2D eigenvalue weighted by molar-refractivity contribution is 7.92. The van der Waals surface area contributed by atoms with Gasteiger partial charge in [0, 0.05) is 31.6 Å². The summed E-state index contributed by atoms with van der Waals surface area (Å²) in [4.78, 5) is 22.6.